The highest BCUT2D eigenvalue weighted by molar-refractivity contribution is 6.35. The highest BCUT2D eigenvalue weighted by Gasteiger charge is 2.12. The van der Waals surface area contributed by atoms with E-state index in [-0.39, 0.29) is 11.3 Å². The van der Waals surface area contributed by atoms with E-state index in [0.29, 0.717) is 27.8 Å². The van der Waals surface area contributed by atoms with E-state index < -0.39 is 0 Å². The molecular formula is C13H8Cl2N6. The van der Waals surface area contributed by atoms with Gasteiger partial charge in [0, 0.05) is 15.6 Å². The van der Waals surface area contributed by atoms with Gasteiger partial charge in [0.15, 0.2) is 11.1 Å². The molecule has 0 unspecified atom stereocenters. The summed E-state index contributed by atoms with van der Waals surface area (Å²) in [5, 5.41) is 17.7. The maximum atomic E-state index is 8.92. The van der Waals surface area contributed by atoms with Gasteiger partial charge in [0.1, 0.15) is 11.6 Å². The summed E-state index contributed by atoms with van der Waals surface area (Å²) < 4.78 is 1.69. The number of aromatic amines is 1. The van der Waals surface area contributed by atoms with Crippen LogP contribution in [0.15, 0.2) is 24.5 Å². The molecule has 8 heteroatoms. The fourth-order valence-corrected chi connectivity index (χ4v) is 2.52. The molecule has 0 atom stereocenters. The lowest BCUT2D eigenvalue weighted by Crippen LogP contribution is -2.13. The molecule has 1 aromatic carbocycles. The average molecular weight is 319 g/mol. The minimum atomic E-state index is 0.0282. The number of imidazole rings is 1. The summed E-state index contributed by atoms with van der Waals surface area (Å²) in [6.07, 6.45) is 1.48. The molecule has 6 nitrogen and oxygen atoms in total. The molecule has 0 aliphatic heterocycles. The van der Waals surface area contributed by atoms with Gasteiger partial charge in [-0.2, -0.15) is 5.26 Å². The minimum absolute atomic E-state index is 0.0282. The highest BCUT2D eigenvalue weighted by atomic mass is 35.5. The quantitative estimate of drug-likeness (QED) is 0.759. The second-order valence-electron chi connectivity index (χ2n) is 4.32. The van der Waals surface area contributed by atoms with Gasteiger partial charge in [-0.3, -0.25) is 5.41 Å². The van der Waals surface area contributed by atoms with Gasteiger partial charge in [-0.15, -0.1) is 0 Å². The van der Waals surface area contributed by atoms with Crippen LogP contribution < -0.4 is 5.49 Å². The van der Waals surface area contributed by atoms with Crippen LogP contribution in [0.1, 0.15) is 11.4 Å². The van der Waals surface area contributed by atoms with Gasteiger partial charge in [-0.1, -0.05) is 29.3 Å². The summed E-state index contributed by atoms with van der Waals surface area (Å²) >= 11 is 12.3. The second kappa shape index (κ2) is 5.20. The molecule has 0 saturated heterocycles. The molecule has 0 aliphatic carbocycles. The molecule has 2 aromatic heterocycles. The van der Waals surface area contributed by atoms with Gasteiger partial charge in [0.25, 0.3) is 0 Å². The Balaban J connectivity index is 2.18. The Bertz CT molecular complexity index is 914. The normalized spacial score (nSPS) is 10.7. The van der Waals surface area contributed by atoms with E-state index in [1.165, 1.54) is 6.33 Å². The Kier molecular flexibility index (Phi) is 3.37. The first-order valence-electron chi connectivity index (χ1n) is 5.93. The standard InChI is InChI=1S/C13H8Cl2N6/c14-8-2-1-3-9(15)7(8)5-21-6-18-12(17)11-13(21)20-10(4-16)19-11/h1-3,6,17H,5H2,(H,19,20). The maximum absolute atomic E-state index is 8.92. The lowest BCUT2D eigenvalue weighted by atomic mass is 10.2. The second-order valence-corrected chi connectivity index (χ2v) is 5.13. The highest BCUT2D eigenvalue weighted by Crippen LogP contribution is 2.25. The van der Waals surface area contributed by atoms with Crippen molar-refractivity contribution < 1.29 is 0 Å². The molecule has 2 N–H and O–H groups in total. The number of halogens is 2. The number of fused-ring (bicyclic) bond motifs is 1. The number of rotatable bonds is 2. The Hall–Kier alpha value is -2.36. The van der Waals surface area contributed by atoms with Crippen molar-refractivity contribution in [2.75, 3.05) is 0 Å². The van der Waals surface area contributed by atoms with Crippen LogP contribution in [0.4, 0.5) is 0 Å². The van der Waals surface area contributed by atoms with Crippen LogP contribution in [-0.2, 0) is 6.54 Å². The van der Waals surface area contributed by atoms with Gasteiger partial charge in [-0.05, 0) is 12.1 Å². The molecule has 0 fully saturated rings. The molecule has 0 radical (unpaired) electrons. The maximum Gasteiger partial charge on any atom is 0.212 e. The summed E-state index contributed by atoms with van der Waals surface area (Å²) in [6.45, 7) is 0.345. The van der Waals surface area contributed by atoms with Crippen LogP contribution in [0, 0.1) is 16.7 Å². The van der Waals surface area contributed by atoms with Gasteiger partial charge in [0.05, 0.1) is 12.9 Å². The Morgan fingerprint density at radius 3 is 2.71 bits per heavy atom. The lowest BCUT2D eigenvalue weighted by molar-refractivity contribution is 0.784. The summed E-state index contributed by atoms with van der Waals surface area (Å²) in [6, 6.07) is 7.18. The van der Waals surface area contributed by atoms with Crippen molar-refractivity contribution in [2.24, 2.45) is 0 Å². The van der Waals surface area contributed by atoms with E-state index in [1.54, 1.807) is 22.8 Å². The number of benzene rings is 1. The van der Waals surface area contributed by atoms with Gasteiger partial charge < -0.3 is 9.55 Å². The van der Waals surface area contributed by atoms with Crippen molar-refractivity contribution in [1.29, 1.82) is 10.7 Å². The molecule has 0 spiro atoms. The zero-order valence-electron chi connectivity index (χ0n) is 10.6. The molecule has 21 heavy (non-hydrogen) atoms. The predicted octanol–water partition coefficient (Wildman–Crippen LogP) is 2.47. The number of H-pyrrole nitrogens is 1. The van der Waals surface area contributed by atoms with Crippen molar-refractivity contribution >= 4 is 34.4 Å². The van der Waals surface area contributed by atoms with E-state index >= 15 is 0 Å². The molecule has 0 bridgehead atoms. The first kappa shape index (κ1) is 13.6. The third-order valence-corrected chi connectivity index (χ3v) is 3.72. The largest absolute Gasteiger partial charge is 0.325 e. The van der Waals surface area contributed by atoms with E-state index in [4.69, 9.17) is 33.9 Å². The SMILES string of the molecule is N#Cc1nc2c([nH]1)c(=N)ncn2Cc1c(Cl)cccc1Cl. The molecule has 2 heterocycles. The topological polar surface area (TPSA) is 94.1 Å². The predicted molar refractivity (Wildman–Crippen MR) is 78.0 cm³/mol. The summed E-state index contributed by atoms with van der Waals surface area (Å²) in [7, 11) is 0. The average Bonchev–Trinajstić information content (AvgIpc) is 2.90. The van der Waals surface area contributed by atoms with Gasteiger partial charge >= 0.3 is 0 Å². The number of nitrogens with one attached hydrogen (secondary N) is 2. The summed E-state index contributed by atoms with van der Waals surface area (Å²) in [5.74, 6) is 0.130. The van der Waals surface area contributed by atoms with Gasteiger partial charge in [0.2, 0.25) is 5.82 Å². The first-order chi connectivity index (χ1) is 10.1. The number of aromatic nitrogens is 4. The van der Waals surface area contributed by atoms with Crippen molar-refractivity contribution in [3.63, 3.8) is 0 Å². The fourth-order valence-electron chi connectivity index (χ4n) is 2.01. The summed E-state index contributed by atoms with van der Waals surface area (Å²) in [4.78, 5) is 10.9. The van der Waals surface area contributed by atoms with E-state index in [1.807, 2.05) is 6.07 Å². The van der Waals surface area contributed by atoms with Crippen LogP contribution >= 0.6 is 23.2 Å². The monoisotopic (exact) mass is 318 g/mol. The summed E-state index contributed by atoms with van der Waals surface area (Å²) in [5.41, 5.74) is 1.62. The van der Waals surface area contributed by atoms with Crippen molar-refractivity contribution in [2.45, 2.75) is 6.54 Å². The molecule has 104 valence electrons. The smallest absolute Gasteiger partial charge is 0.212 e. The molecule has 0 amide bonds. The molecule has 3 rings (SSSR count). The minimum Gasteiger partial charge on any atom is -0.325 e. The van der Waals surface area contributed by atoms with E-state index in [9.17, 15) is 0 Å². The first-order valence-corrected chi connectivity index (χ1v) is 6.68. The fraction of sp³-hybridized carbons (Fsp3) is 0.0769. The van der Waals surface area contributed by atoms with Gasteiger partial charge in [-0.25, -0.2) is 9.97 Å². The Labute approximate surface area is 129 Å². The molecule has 0 aliphatic rings. The van der Waals surface area contributed by atoms with E-state index in [2.05, 4.69) is 15.0 Å². The van der Waals surface area contributed by atoms with Crippen molar-refractivity contribution in [3.05, 3.63) is 51.4 Å². The Morgan fingerprint density at radius 2 is 2.05 bits per heavy atom. The Morgan fingerprint density at radius 1 is 1.33 bits per heavy atom. The van der Waals surface area contributed by atoms with Crippen LogP contribution in [0.2, 0.25) is 10.0 Å². The van der Waals surface area contributed by atoms with E-state index in [0.717, 1.165) is 5.56 Å². The molecular weight excluding hydrogens is 311 g/mol. The number of hydrogen-bond acceptors (Lipinski definition) is 4. The number of nitrogens with zero attached hydrogens (tertiary/aromatic N) is 4. The number of nitriles is 1. The zero-order chi connectivity index (χ0) is 15.0. The third kappa shape index (κ3) is 2.37. The molecule has 0 saturated carbocycles. The van der Waals surface area contributed by atoms with Crippen LogP contribution in [0.25, 0.3) is 11.2 Å². The van der Waals surface area contributed by atoms with Crippen molar-refractivity contribution in [3.8, 4) is 6.07 Å². The van der Waals surface area contributed by atoms with Crippen LogP contribution in [0.3, 0.4) is 0 Å². The zero-order valence-corrected chi connectivity index (χ0v) is 12.1. The van der Waals surface area contributed by atoms with Crippen LogP contribution in [-0.4, -0.2) is 19.5 Å². The van der Waals surface area contributed by atoms with Crippen LogP contribution in [0.5, 0.6) is 0 Å². The third-order valence-electron chi connectivity index (χ3n) is 3.02. The lowest BCUT2D eigenvalue weighted by Gasteiger charge is -2.10. The van der Waals surface area contributed by atoms with Crippen molar-refractivity contribution in [1.82, 2.24) is 19.5 Å². The number of hydrogen-bond donors (Lipinski definition) is 2. The molecule has 3 aromatic rings.